The molecule has 0 spiro atoms. The predicted molar refractivity (Wildman–Crippen MR) is 71.2 cm³/mol. The number of nitrogens with one attached hydrogen (secondary N) is 1. The summed E-state index contributed by atoms with van der Waals surface area (Å²) >= 11 is 0. The van der Waals surface area contributed by atoms with E-state index in [1.165, 1.54) is 6.26 Å². The normalized spacial score (nSPS) is 13.2. The second-order valence-electron chi connectivity index (χ2n) is 5.55. The van der Waals surface area contributed by atoms with Gasteiger partial charge in [0.15, 0.2) is 5.69 Å². The number of carbonyl (C=O) groups is 1. The molecule has 0 radical (unpaired) electrons. The molecule has 0 fully saturated rings. The maximum absolute atomic E-state index is 12.1. The summed E-state index contributed by atoms with van der Waals surface area (Å²) in [4.78, 5) is 12.1. The number of hydrogen-bond donors (Lipinski definition) is 2. The maximum Gasteiger partial charge on any atom is 0.274 e. The maximum atomic E-state index is 12.1. The number of carbonyl (C=O) groups excluding carboxylic acids is 1. The standard InChI is InChI=1S/C14H18N2O4/c1-14(2,3)12-7-9(16-20-12)13(18)15-10(8-17)11-5-4-6-19-11/h4-7,10,17H,8H2,1-3H3,(H,15,18). The lowest BCUT2D eigenvalue weighted by Gasteiger charge is -2.13. The lowest BCUT2D eigenvalue weighted by molar-refractivity contribution is 0.0898. The van der Waals surface area contributed by atoms with Gasteiger partial charge in [0.2, 0.25) is 0 Å². The molecule has 0 saturated carbocycles. The molecule has 0 aliphatic carbocycles. The third kappa shape index (κ3) is 3.08. The van der Waals surface area contributed by atoms with Gasteiger partial charge in [-0.25, -0.2) is 0 Å². The number of hydrogen-bond acceptors (Lipinski definition) is 5. The third-order valence-corrected chi connectivity index (χ3v) is 2.86. The van der Waals surface area contributed by atoms with Crippen molar-refractivity contribution in [2.45, 2.75) is 32.2 Å². The van der Waals surface area contributed by atoms with Crippen molar-refractivity contribution in [1.82, 2.24) is 10.5 Å². The highest BCUT2D eigenvalue weighted by Gasteiger charge is 2.24. The lowest BCUT2D eigenvalue weighted by Crippen LogP contribution is -2.30. The topological polar surface area (TPSA) is 88.5 Å². The van der Waals surface area contributed by atoms with Gasteiger partial charge in [-0.2, -0.15) is 0 Å². The molecular formula is C14H18N2O4. The van der Waals surface area contributed by atoms with Gasteiger partial charge < -0.3 is 19.4 Å². The van der Waals surface area contributed by atoms with Gasteiger partial charge in [0.05, 0.1) is 12.9 Å². The number of rotatable bonds is 4. The number of amides is 1. The van der Waals surface area contributed by atoms with E-state index in [0.717, 1.165) is 0 Å². The summed E-state index contributed by atoms with van der Waals surface area (Å²) < 4.78 is 10.3. The fraction of sp³-hybridized carbons (Fsp3) is 0.429. The monoisotopic (exact) mass is 278 g/mol. The van der Waals surface area contributed by atoms with Crippen molar-refractivity contribution in [3.05, 3.63) is 41.7 Å². The first-order valence-corrected chi connectivity index (χ1v) is 6.34. The average Bonchev–Trinajstić information content (AvgIpc) is 3.04. The summed E-state index contributed by atoms with van der Waals surface area (Å²) in [5.41, 5.74) is -0.0388. The quantitative estimate of drug-likeness (QED) is 0.893. The van der Waals surface area contributed by atoms with Crippen LogP contribution in [-0.2, 0) is 5.41 Å². The Morgan fingerprint density at radius 1 is 1.50 bits per heavy atom. The van der Waals surface area contributed by atoms with Crippen LogP contribution < -0.4 is 5.32 Å². The molecule has 20 heavy (non-hydrogen) atoms. The molecule has 0 saturated heterocycles. The van der Waals surface area contributed by atoms with Crippen molar-refractivity contribution in [3.63, 3.8) is 0 Å². The Bertz CT molecular complexity index is 566. The number of aliphatic hydroxyl groups excluding tert-OH is 1. The third-order valence-electron chi connectivity index (χ3n) is 2.86. The van der Waals surface area contributed by atoms with Crippen molar-refractivity contribution >= 4 is 5.91 Å². The zero-order valence-corrected chi connectivity index (χ0v) is 11.7. The fourth-order valence-electron chi connectivity index (χ4n) is 1.66. The second-order valence-corrected chi connectivity index (χ2v) is 5.55. The van der Waals surface area contributed by atoms with E-state index < -0.39 is 11.9 Å². The summed E-state index contributed by atoms with van der Waals surface area (Å²) in [6, 6.07) is 4.38. The fourth-order valence-corrected chi connectivity index (χ4v) is 1.66. The van der Waals surface area contributed by atoms with Crippen molar-refractivity contribution in [1.29, 1.82) is 0 Å². The van der Waals surface area contributed by atoms with Crippen molar-refractivity contribution < 1.29 is 18.8 Å². The predicted octanol–water partition coefficient (Wildman–Crippen LogP) is 2.03. The van der Waals surface area contributed by atoms with E-state index in [1.54, 1.807) is 18.2 Å². The Balaban J connectivity index is 2.10. The van der Waals surface area contributed by atoms with E-state index in [0.29, 0.717) is 11.5 Å². The van der Waals surface area contributed by atoms with E-state index in [1.807, 2.05) is 20.8 Å². The van der Waals surface area contributed by atoms with Crippen molar-refractivity contribution in [2.24, 2.45) is 0 Å². The highest BCUT2D eigenvalue weighted by atomic mass is 16.5. The molecule has 2 N–H and O–H groups in total. The number of nitrogens with zero attached hydrogens (tertiary/aromatic N) is 1. The molecule has 2 rings (SSSR count). The highest BCUT2D eigenvalue weighted by Crippen LogP contribution is 2.23. The largest absolute Gasteiger partial charge is 0.467 e. The molecule has 2 aromatic rings. The molecule has 0 aliphatic rings. The minimum Gasteiger partial charge on any atom is -0.467 e. The second kappa shape index (κ2) is 5.50. The van der Waals surface area contributed by atoms with Crippen LogP contribution in [0.25, 0.3) is 0 Å². The van der Waals surface area contributed by atoms with Crippen LogP contribution in [0.15, 0.2) is 33.4 Å². The Labute approximate surface area is 116 Å². The minimum atomic E-state index is -0.604. The van der Waals surface area contributed by atoms with Crippen LogP contribution >= 0.6 is 0 Å². The summed E-state index contributed by atoms with van der Waals surface area (Å²) in [7, 11) is 0. The Morgan fingerprint density at radius 3 is 2.75 bits per heavy atom. The SMILES string of the molecule is CC(C)(C)c1cc(C(=O)NC(CO)c2ccco2)no1. The molecule has 0 aromatic carbocycles. The Morgan fingerprint density at radius 2 is 2.25 bits per heavy atom. The van der Waals surface area contributed by atoms with Gasteiger partial charge in [0.1, 0.15) is 17.6 Å². The van der Waals surface area contributed by atoms with Crippen LogP contribution in [0.1, 0.15) is 48.8 Å². The molecular weight excluding hydrogens is 260 g/mol. The van der Waals surface area contributed by atoms with Crippen molar-refractivity contribution in [2.75, 3.05) is 6.61 Å². The Hall–Kier alpha value is -2.08. The smallest absolute Gasteiger partial charge is 0.274 e. The average molecular weight is 278 g/mol. The summed E-state index contributed by atoms with van der Waals surface area (Å²) in [5, 5.41) is 15.7. The molecule has 0 bridgehead atoms. The van der Waals surface area contributed by atoms with Gasteiger partial charge in [-0.1, -0.05) is 25.9 Å². The van der Waals surface area contributed by atoms with Crippen LogP contribution in [0.5, 0.6) is 0 Å². The van der Waals surface area contributed by atoms with Gasteiger partial charge in [0, 0.05) is 11.5 Å². The first-order chi connectivity index (χ1) is 9.41. The molecule has 0 aliphatic heterocycles. The van der Waals surface area contributed by atoms with Crippen LogP contribution in [0.2, 0.25) is 0 Å². The van der Waals surface area contributed by atoms with Gasteiger partial charge in [-0.05, 0) is 12.1 Å². The van der Waals surface area contributed by atoms with E-state index in [9.17, 15) is 9.90 Å². The molecule has 1 atom stereocenters. The van der Waals surface area contributed by atoms with E-state index in [4.69, 9.17) is 8.94 Å². The van der Waals surface area contributed by atoms with E-state index >= 15 is 0 Å². The summed E-state index contributed by atoms with van der Waals surface area (Å²) in [6.45, 7) is 5.64. The van der Waals surface area contributed by atoms with Gasteiger partial charge >= 0.3 is 0 Å². The number of aromatic nitrogens is 1. The zero-order chi connectivity index (χ0) is 14.8. The number of aliphatic hydroxyl groups is 1. The summed E-state index contributed by atoms with van der Waals surface area (Å²) in [5.74, 6) is 0.696. The highest BCUT2D eigenvalue weighted by molar-refractivity contribution is 5.92. The van der Waals surface area contributed by atoms with Gasteiger partial charge in [-0.3, -0.25) is 4.79 Å². The molecule has 6 heteroatoms. The van der Waals surface area contributed by atoms with Gasteiger partial charge in [0.25, 0.3) is 5.91 Å². The molecule has 2 aromatic heterocycles. The van der Waals surface area contributed by atoms with Crippen LogP contribution in [-0.4, -0.2) is 22.8 Å². The lowest BCUT2D eigenvalue weighted by atomic mass is 9.93. The molecule has 2 heterocycles. The van der Waals surface area contributed by atoms with E-state index in [-0.39, 0.29) is 17.7 Å². The molecule has 1 unspecified atom stereocenters. The minimum absolute atomic E-state index is 0.180. The molecule has 108 valence electrons. The van der Waals surface area contributed by atoms with Crippen LogP contribution in [0.3, 0.4) is 0 Å². The molecule has 1 amide bonds. The van der Waals surface area contributed by atoms with Crippen LogP contribution in [0, 0.1) is 0 Å². The van der Waals surface area contributed by atoms with Crippen molar-refractivity contribution in [3.8, 4) is 0 Å². The van der Waals surface area contributed by atoms with Crippen LogP contribution in [0.4, 0.5) is 0 Å². The first-order valence-electron chi connectivity index (χ1n) is 6.34. The Kier molecular flexibility index (Phi) is 3.94. The van der Waals surface area contributed by atoms with E-state index in [2.05, 4.69) is 10.5 Å². The molecule has 6 nitrogen and oxygen atoms in total. The van der Waals surface area contributed by atoms with Gasteiger partial charge in [-0.15, -0.1) is 0 Å². The number of furan rings is 1. The first kappa shape index (κ1) is 14.3. The summed E-state index contributed by atoms with van der Waals surface area (Å²) in [6.07, 6.45) is 1.48. The zero-order valence-electron chi connectivity index (χ0n) is 11.7.